The normalized spacial score (nSPS) is 11.7. The Bertz CT molecular complexity index is 1400. The first-order chi connectivity index (χ1) is 16.0. The molecule has 3 aromatic carbocycles. The minimum Gasteiger partial charge on any atom is -0.394 e. The Morgan fingerprint density at radius 2 is 1.41 bits per heavy atom. The molecule has 0 radical (unpaired) electrons. The van der Waals surface area contributed by atoms with Crippen LogP contribution >= 0.6 is 0 Å². The first-order valence-electron chi connectivity index (χ1n) is 10.0. The van der Waals surface area contributed by atoms with Crippen LogP contribution in [-0.4, -0.2) is 40.0 Å². The zero-order chi connectivity index (χ0) is 25.1. The van der Waals surface area contributed by atoms with Gasteiger partial charge < -0.3 is 5.11 Å². The second kappa shape index (κ2) is 9.79. The molecule has 3 aromatic rings. The number of anilines is 2. The third kappa shape index (κ3) is 5.35. The highest BCUT2D eigenvalue weighted by atomic mass is 32.2. The predicted molar refractivity (Wildman–Crippen MR) is 128 cm³/mol. The summed E-state index contributed by atoms with van der Waals surface area (Å²) in [6.07, 6.45) is 0. The maximum atomic E-state index is 13.4. The van der Waals surface area contributed by atoms with Crippen molar-refractivity contribution in [3.63, 3.8) is 0 Å². The predicted octanol–water partition coefficient (Wildman–Crippen LogP) is 3.20. The molecule has 0 aliphatic rings. The van der Waals surface area contributed by atoms with Gasteiger partial charge in [-0.1, -0.05) is 35.4 Å². The number of nitrogens with one attached hydrogen (secondary N) is 1. The second-order valence-corrected chi connectivity index (χ2v) is 11.0. The van der Waals surface area contributed by atoms with Gasteiger partial charge in [0.15, 0.2) is 0 Å². The molecule has 0 saturated carbocycles. The lowest BCUT2D eigenvalue weighted by Crippen LogP contribution is -2.34. The zero-order valence-corrected chi connectivity index (χ0v) is 20.0. The summed E-state index contributed by atoms with van der Waals surface area (Å²) in [7, 11) is -8.46. The Balaban J connectivity index is 2.16. The van der Waals surface area contributed by atoms with Crippen LogP contribution < -0.4 is 9.03 Å². The van der Waals surface area contributed by atoms with Crippen molar-refractivity contribution in [2.75, 3.05) is 22.2 Å². The third-order valence-electron chi connectivity index (χ3n) is 4.95. The quantitative estimate of drug-likeness (QED) is 0.335. The molecule has 0 aliphatic heterocycles. The van der Waals surface area contributed by atoms with E-state index in [0.717, 1.165) is 33.6 Å². The molecule has 0 aromatic heterocycles. The summed E-state index contributed by atoms with van der Waals surface area (Å²) in [5.41, 5.74) is 0.722. The smallest absolute Gasteiger partial charge is 0.271 e. The minimum absolute atomic E-state index is 0.0859. The number of aliphatic hydroxyl groups excluding tert-OH is 1. The van der Waals surface area contributed by atoms with Crippen molar-refractivity contribution >= 4 is 37.1 Å². The molecule has 0 amide bonds. The molecule has 2 N–H and O–H groups in total. The number of aryl methyl sites for hydroxylation is 2. The Hall–Kier alpha value is -3.48. The highest BCUT2D eigenvalue weighted by Crippen LogP contribution is 2.35. The molecule has 180 valence electrons. The van der Waals surface area contributed by atoms with Crippen molar-refractivity contribution in [2.45, 2.75) is 23.6 Å². The summed E-state index contributed by atoms with van der Waals surface area (Å²) >= 11 is 0. The van der Waals surface area contributed by atoms with Gasteiger partial charge in [-0.2, -0.15) is 0 Å². The minimum atomic E-state index is -4.25. The van der Waals surface area contributed by atoms with Crippen molar-refractivity contribution in [2.24, 2.45) is 0 Å². The van der Waals surface area contributed by atoms with Crippen LogP contribution in [0, 0.1) is 24.0 Å². The number of nitro groups is 1. The Labute approximate surface area is 197 Å². The van der Waals surface area contributed by atoms with Crippen LogP contribution in [0.4, 0.5) is 17.1 Å². The van der Waals surface area contributed by atoms with Gasteiger partial charge in [-0.3, -0.25) is 19.1 Å². The number of hydrogen-bond donors (Lipinski definition) is 2. The summed E-state index contributed by atoms with van der Waals surface area (Å²) in [5.74, 6) is 0. The molecule has 10 nitrogen and oxygen atoms in total. The maximum Gasteiger partial charge on any atom is 0.271 e. The lowest BCUT2D eigenvalue weighted by atomic mass is 10.2. The van der Waals surface area contributed by atoms with E-state index in [1.165, 1.54) is 24.3 Å². The van der Waals surface area contributed by atoms with Gasteiger partial charge in [-0.15, -0.1) is 0 Å². The highest BCUT2D eigenvalue weighted by molar-refractivity contribution is 7.93. The van der Waals surface area contributed by atoms with Crippen molar-refractivity contribution in [3.8, 4) is 0 Å². The highest BCUT2D eigenvalue weighted by Gasteiger charge is 2.29. The SMILES string of the molecule is Cc1ccc(S(=O)(=O)Nc2cc([N+](=O)[O-])ccc2N(CCO)S(=O)(=O)c2ccc(C)cc2)cc1. The first kappa shape index (κ1) is 25.1. The average Bonchev–Trinajstić information content (AvgIpc) is 2.78. The van der Waals surface area contributed by atoms with Crippen molar-refractivity contribution in [1.82, 2.24) is 0 Å². The van der Waals surface area contributed by atoms with E-state index >= 15 is 0 Å². The van der Waals surface area contributed by atoms with E-state index in [9.17, 15) is 32.1 Å². The number of hydrogen-bond acceptors (Lipinski definition) is 7. The number of nitrogens with zero attached hydrogens (tertiary/aromatic N) is 2. The van der Waals surface area contributed by atoms with Crippen LogP contribution in [0.25, 0.3) is 0 Å². The van der Waals surface area contributed by atoms with Gasteiger partial charge >= 0.3 is 0 Å². The molecule has 3 rings (SSSR count). The molecule has 0 atom stereocenters. The summed E-state index contributed by atoms with van der Waals surface area (Å²) < 4.78 is 55.8. The molecule has 34 heavy (non-hydrogen) atoms. The van der Waals surface area contributed by atoms with Crippen LogP contribution in [0.2, 0.25) is 0 Å². The van der Waals surface area contributed by atoms with Crippen LogP contribution in [0.15, 0.2) is 76.5 Å². The van der Waals surface area contributed by atoms with Crippen molar-refractivity contribution < 1.29 is 26.9 Å². The van der Waals surface area contributed by atoms with Gasteiger partial charge in [-0.25, -0.2) is 16.8 Å². The molecule has 12 heteroatoms. The van der Waals surface area contributed by atoms with Gasteiger partial charge in [0.1, 0.15) is 0 Å². The van der Waals surface area contributed by atoms with Gasteiger partial charge in [0.2, 0.25) is 0 Å². The molecule has 0 aliphatic carbocycles. The lowest BCUT2D eigenvalue weighted by molar-refractivity contribution is -0.384. The van der Waals surface area contributed by atoms with E-state index in [1.807, 2.05) is 0 Å². The molecule has 0 heterocycles. The van der Waals surface area contributed by atoms with Gasteiger partial charge in [0.25, 0.3) is 25.7 Å². The van der Waals surface area contributed by atoms with E-state index in [4.69, 9.17) is 0 Å². The van der Waals surface area contributed by atoms with E-state index < -0.39 is 43.8 Å². The van der Waals surface area contributed by atoms with Gasteiger partial charge in [-0.05, 0) is 44.2 Å². The van der Waals surface area contributed by atoms with E-state index in [1.54, 1.807) is 38.1 Å². The molecule has 0 unspecified atom stereocenters. The Morgan fingerprint density at radius 1 is 0.882 bits per heavy atom. The first-order valence-corrected chi connectivity index (χ1v) is 13.0. The van der Waals surface area contributed by atoms with Crippen LogP contribution in [0.5, 0.6) is 0 Å². The fourth-order valence-electron chi connectivity index (χ4n) is 3.16. The maximum absolute atomic E-state index is 13.4. The number of benzene rings is 3. The fraction of sp³-hybridized carbons (Fsp3) is 0.182. The lowest BCUT2D eigenvalue weighted by Gasteiger charge is -2.26. The summed E-state index contributed by atoms with van der Waals surface area (Å²) in [4.78, 5) is 10.4. The van der Waals surface area contributed by atoms with E-state index in [-0.39, 0.29) is 21.2 Å². The van der Waals surface area contributed by atoms with Crippen molar-refractivity contribution in [1.29, 1.82) is 0 Å². The molecular formula is C22H23N3O7S2. The zero-order valence-electron chi connectivity index (χ0n) is 18.4. The Morgan fingerprint density at radius 3 is 1.91 bits per heavy atom. The third-order valence-corrected chi connectivity index (χ3v) is 8.16. The second-order valence-electron chi connectivity index (χ2n) is 7.49. The summed E-state index contributed by atoms with van der Waals surface area (Å²) in [6.45, 7) is 2.58. The number of nitro benzene ring substituents is 1. The summed E-state index contributed by atoms with van der Waals surface area (Å²) in [6, 6.07) is 15.0. The molecule has 0 bridgehead atoms. The van der Waals surface area contributed by atoms with Gasteiger partial charge in [0, 0.05) is 12.1 Å². The largest absolute Gasteiger partial charge is 0.394 e. The van der Waals surface area contributed by atoms with E-state index in [0.29, 0.717) is 0 Å². The van der Waals surface area contributed by atoms with Gasteiger partial charge in [0.05, 0.1) is 39.2 Å². The molecule has 0 saturated heterocycles. The number of rotatable bonds is 9. The monoisotopic (exact) mass is 505 g/mol. The average molecular weight is 506 g/mol. The van der Waals surface area contributed by atoms with Crippen molar-refractivity contribution in [3.05, 3.63) is 88.0 Å². The number of sulfonamides is 2. The Kier molecular flexibility index (Phi) is 7.24. The number of non-ortho nitro benzene ring substituents is 1. The molecule has 0 fully saturated rings. The van der Waals surface area contributed by atoms with Crippen LogP contribution in [-0.2, 0) is 20.0 Å². The van der Waals surface area contributed by atoms with E-state index in [2.05, 4.69) is 4.72 Å². The van der Waals surface area contributed by atoms with Crippen LogP contribution in [0.3, 0.4) is 0 Å². The topological polar surface area (TPSA) is 147 Å². The summed E-state index contributed by atoms with van der Waals surface area (Å²) in [5, 5.41) is 20.9. The number of aliphatic hydroxyl groups is 1. The van der Waals surface area contributed by atoms with Crippen LogP contribution in [0.1, 0.15) is 11.1 Å². The fourth-order valence-corrected chi connectivity index (χ4v) is 5.70. The molecular weight excluding hydrogens is 482 g/mol. The molecule has 0 spiro atoms. The standard InChI is InChI=1S/C22H23N3O7S2/c1-16-3-8-19(9-4-16)33(29,30)23-21-15-18(25(27)28)7-12-22(21)24(13-14-26)34(31,32)20-10-5-17(2)6-11-20/h3-12,15,23,26H,13-14H2,1-2H3.